The van der Waals surface area contributed by atoms with Gasteiger partial charge in [-0.1, -0.05) is 0 Å². The Balaban J connectivity index is 0.00000152. The first-order valence-corrected chi connectivity index (χ1v) is 14.1. The van der Waals surface area contributed by atoms with Crippen molar-refractivity contribution in [2.45, 2.75) is 63.7 Å². The van der Waals surface area contributed by atoms with Crippen LogP contribution in [0.25, 0.3) is 20.8 Å². The fourth-order valence-corrected chi connectivity index (χ4v) is 7.34. The van der Waals surface area contributed by atoms with Crippen LogP contribution in [0.4, 0.5) is 5.00 Å². The van der Waals surface area contributed by atoms with Gasteiger partial charge in [0.05, 0.1) is 23.1 Å². The molecule has 1 amide bonds. The van der Waals surface area contributed by atoms with Crippen molar-refractivity contribution < 1.29 is 12.4 Å². The zero-order valence-electron chi connectivity index (χ0n) is 19.3. The van der Waals surface area contributed by atoms with Gasteiger partial charge < -0.3 is 20.3 Å². The van der Waals surface area contributed by atoms with Gasteiger partial charge in [-0.2, -0.15) is 0 Å². The summed E-state index contributed by atoms with van der Waals surface area (Å²) in [6, 6.07) is 2.01. The molecule has 3 aromatic heterocycles. The molecule has 7 nitrogen and oxygen atoms in total. The van der Waals surface area contributed by atoms with Crippen LogP contribution in [0.5, 0.6) is 0 Å². The second kappa shape index (κ2) is 9.99. The second-order valence-corrected chi connectivity index (χ2v) is 11.7. The Morgan fingerprint density at radius 2 is 2.09 bits per heavy atom. The fourth-order valence-electron chi connectivity index (χ4n) is 5.03. The third-order valence-corrected chi connectivity index (χ3v) is 9.41. The molecule has 9 heteroatoms. The standard InChI is InChI=1S/C25H31N5O2S2.2H2/c31-22(8-13-30-11-6-17(7-12-30)32-16-2-1-3-16)29-25-23(18-4-9-27-15-21(18)34-25)24-28-19-14-26-10-5-20(19)33-24;;/h5,10,14,16-17,27H,1-4,6-9,11-13,15H2,(H,29,31);2*1H. The monoisotopic (exact) mass is 501 g/mol. The number of hydrogen-bond acceptors (Lipinski definition) is 8. The van der Waals surface area contributed by atoms with Crippen molar-refractivity contribution >= 4 is 43.8 Å². The number of fused-ring (bicyclic) bond motifs is 2. The van der Waals surface area contributed by atoms with Gasteiger partial charge in [-0.25, -0.2) is 4.98 Å². The summed E-state index contributed by atoms with van der Waals surface area (Å²) in [6.45, 7) is 4.66. The second-order valence-electron chi connectivity index (χ2n) is 9.53. The van der Waals surface area contributed by atoms with Crippen molar-refractivity contribution in [1.29, 1.82) is 0 Å². The maximum Gasteiger partial charge on any atom is 0.226 e. The summed E-state index contributed by atoms with van der Waals surface area (Å²) in [5.41, 5.74) is 3.36. The minimum atomic E-state index is 0. The Labute approximate surface area is 210 Å². The SMILES string of the molecule is O=C(CCN1CCC(OC2CCC2)CC1)Nc1sc2c(c1-c1nc3cnccc3s1)CCNC2.[HH].[HH]. The van der Waals surface area contributed by atoms with E-state index in [0.717, 1.165) is 77.8 Å². The average Bonchev–Trinajstić information content (AvgIpc) is 3.41. The van der Waals surface area contributed by atoms with Crippen molar-refractivity contribution in [2.75, 3.05) is 31.5 Å². The van der Waals surface area contributed by atoms with Gasteiger partial charge in [0.25, 0.3) is 0 Å². The van der Waals surface area contributed by atoms with Crippen LogP contribution in [0.1, 0.15) is 51.8 Å². The molecule has 6 rings (SSSR count). The Morgan fingerprint density at radius 3 is 2.88 bits per heavy atom. The van der Waals surface area contributed by atoms with Crippen LogP contribution in [0.15, 0.2) is 18.5 Å². The number of likely N-dealkylation sites (tertiary alicyclic amines) is 1. The van der Waals surface area contributed by atoms with Gasteiger partial charge in [-0.15, -0.1) is 22.7 Å². The zero-order valence-corrected chi connectivity index (χ0v) is 21.0. The lowest BCUT2D eigenvalue weighted by Crippen LogP contribution is -2.40. The van der Waals surface area contributed by atoms with E-state index >= 15 is 0 Å². The smallest absolute Gasteiger partial charge is 0.226 e. The van der Waals surface area contributed by atoms with Gasteiger partial charge in [-0.3, -0.25) is 9.78 Å². The van der Waals surface area contributed by atoms with Crippen LogP contribution in [0.2, 0.25) is 0 Å². The van der Waals surface area contributed by atoms with Crippen LogP contribution in [0, 0.1) is 0 Å². The van der Waals surface area contributed by atoms with Crippen molar-refractivity contribution in [3.05, 3.63) is 28.9 Å². The lowest BCUT2D eigenvalue weighted by Gasteiger charge is -2.36. The first-order chi connectivity index (χ1) is 16.7. The Bertz CT molecular complexity index is 1140. The van der Waals surface area contributed by atoms with Crippen LogP contribution >= 0.6 is 22.7 Å². The molecule has 2 N–H and O–H groups in total. The van der Waals surface area contributed by atoms with Gasteiger partial charge in [-0.05, 0) is 56.7 Å². The summed E-state index contributed by atoms with van der Waals surface area (Å²) in [6.07, 6.45) is 12.0. The van der Waals surface area contributed by atoms with Crippen LogP contribution < -0.4 is 10.6 Å². The summed E-state index contributed by atoms with van der Waals surface area (Å²) in [7, 11) is 0. The molecule has 0 radical (unpaired) electrons. The van der Waals surface area contributed by atoms with Crippen molar-refractivity contribution in [1.82, 2.24) is 20.2 Å². The molecule has 2 fully saturated rings. The number of nitrogens with zero attached hydrogens (tertiary/aromatic N) is 3. The number of hydrogen-bond donors (Lipinski definition) is 2. The molecule has 0 aromatic carbocycles. The number of nitrogens with one attached hydrogen (secondary N) is 2. The molecule has 3 aromatic rings. The maximum atomic E-state index is 13.0. The quantitative estimate of drug-likeness (QED) is 0.478. The van der Waals surface area contributed by atoms with Crippen LogP contribution in [-0.4, -0.2) is 59.2 Å². The predicted molar refractivity (Wildman–Crippen MR) is 142 cm³/mol. The van der Waals surface area contributed by atoms with Gasteiger partial charge in [0.1, 0.15) is 15.5 Å². The van der Waals surface area contributed by atoms with Crippen LogP contribution in [0.3, 0.4) is 0 Å². The van der Waals surface area contributed by atoms with E-state index in [2.05, 4.69) is 20.5 Å². The largest absolute Gasteiger partial charge is 0.375 e. The highest BCUT2D eigenvalue weighted by molar-refractivity contribution is 7.22. The predicted octanol–water partition coefficient (Wildman–Crippen LogP) is 4.92. The third-order valence-electron chi connectivity index (χ3n) is 7.21. The summed E-state index contributed by atoms with van der Waals surface area (Å²) < 4.78 is 7.30. The average molecular weight is 502 g/mol. The number of carbonyl (C=O) groups excluding carboxylic acids is 1. The van der Waals surface area contributed by atoms with E-state index < -0.39 is 0 Å². The molecule has 0 unspecified atom stereocenters. The normalized spacial score (nSPS) is 19.8. The number of anilines is 1. The number of carbonyl (C=O) groups is 1. The Kier molecular flexibility index (Phi) is 6.62. The molecular formula is C25H35N5O2S2. The number of ether oxygens (including phenoxy) is 1. The lowest BCUT2D eigenvalue weighted by molar-refractivity contribution is -0.116. The summed E-state index contributed by atoms with van der Waals surface area (Å²) >= 11 is 3.38. The first-order valence-electron chi connectivity index (χ1n) is 12.5. The lowest BCUT2D eigenvalue weighted by atomic mass is 9.95. The number of amides is 1. The van der Waals surface area contributed by atoms with Gasteiger partial charge in [0, 0.05) is 52.1 Å². The van der Waals surface area contributed by atoms with E-state index in [1.807, 2.05) is 18.5 Å². The molecule has 184 valence electrons. The van der Waals surface area contributed by atoms with Gasteiger partial charge in [0.2, 0.25) is 5.91 Å². The summed E-state index contributed by atoms with van der Waals surface area (Å²) in [5.74, 6) is 0.0865. The number of rotatable bonds is 7. The minimum Gasteiger partial charge on any atom is -0.375 e. The molecule has 1 saturated carbocycles. The number of piperidine rings is 1. The molecule has 0 bridgehead atoms. The Hall–Kier alpha value is -1.91. The molecule has 1 saturated heterocycles. The minimum absolute atomic E-state index is 0. The molecule has 0 atom stereocenters. The number of thiazole rings is 1. The molecule has 1 aliphatic carbocycles. The molecule has 34 heavy (non-hydrogen) atoms. The summed E-state index contributed by atoms with van der Waals surface area (Å²) in [5, 5.41) is 8.63. The van der Waals surface area contributed by atoms with Gasteiger partial charge >= 0.3 is 0 Å². The van der Waals surface area contributed by atoms with E-state index in [0.29, 0.717) is 18.6 Å². The molecule has 5 heterocycles. The molecular weight excluding hydrogens is 466 g/mol. The van der Waals surface area contributed by atoms with E-state index in [-0.39, 0.29) is 8.76 Å². The van der Waals surface area contributed by atoms with Crippen molar-refractivity contribution in [3.63, 3.8) is 0 Å². The Morgan fingerprint density at radius 1 is 1.24 bits per heavy atom. The van der Waals surface area contributed by atoms with E-state index in [1.54, 1.807) is 22.7 Å². The highest BCUT2D eigenvalue weighted by atomic mass is 32.1. The van der Waals surface area contributed by atoms with E-state index in [1.165, 1.54) is 29.7 Å². The van der Waals surface area contributed by atoms with Crippen molar-refractivity contribution in [3.8, 4) is 10.6 Å². The highest BCUT2D eigenvalue weighted by Gasteiger charge is 2.27. The van der Waals surface area contributed by atoms with Gasteiger partial charge in [0.15, 0.2) is 0 Å². The topological polar surface area (TPSA) is 79.4 Å². The number of thiophene rings is 1. The van der Waals surface area contributed by atoms with E-state index in [9.17, 15) is 4.79 Å². The van der Waals surface area contributed by atoms with Crippen molar-refractivity contribution in [2.24, 2.45) is 0 Å². The van der Waals surface area contributed by atoms with Crippen LogP contribution in [-0.2, 0) is 22.5 Å². The number of pyridine rings is 1. The molecule has 0 spiro atoms. The van der Waals surface area contributed by atoms with E-state index in [4.69, 9.17) is 9.72 Å². The molecule has 2 aliphatic heterocycles. The highest BCUT2D eigenvalue weighted by Crippen LogP contribution is 2.44. The first kappa shape index (κ1) is 22.5. The molecule has 3 aliphatic rings. The third kappa shape index (κ3) is 4.77. The summed E-state index contributed by atoms with van der Waals surface area (Å²) in [4.78, 5) is 25.8. The fraction of sp³-hybridized carbons (Fsp3) is 0.560. The number of aromatic nitrogens is 2. The maximum absolute atomic E-state index is 13.0. The zero-order chi connectivity index (χ0) is 22.9.